The summed E-state index contributed by atoms with van der Waals surface area (Å²) in [5, 5.41) is 11.9. The van der Waals surface area contributed by atoms with E-state index in [1.807, 2.05) is 52.0 Å². The van der Waals surface area contributed by atoms with Gasteiger partial charge in [0, 0.05) is 10.9 Å². The maximum Gasteiger partial charge on any atom is 0.239 e. The Balaban J connectivity index is 2.00. The van der Waals surface area contributed by atoms with Crippen LogP contribution in [0.3, 0.4) is 0 Å². The summed E-state index contributed by atoms with van der Waals surface area (Å²) < 4.78 is 1.73. The number of nitrogens with one attached hydrogen (secondary N) is 2. The molecule has 126 valence electrons. The molecule has 0 aliphatic rings. The van der Waals surface area contributed by atoms with Crippen molar-refractivity contribution >= 4 is 39.9 Å². The van der Waals surface area contributed by atoms with Crippen LogP contribution in [0.4, 0.5) is 5.82 Å². The van der Waals surface area contributed by atoms with Gasteiger partial charge in [-0.25, -0.2) is 9.50 Å². The first-order chi connectivity index (χ1) is 11.3. The van der Waals surface area contributed by atoms with Gasteiger partial charge in [-0.2, -0.15) is 5.10 Å². The fourth-order valence-electron chi connectivity index (χ4n) is 2.55. The summed E-state index contributed by atoms with van der Waals surface area (Å²) in [6, 6.07) is 7.75. The first-order valence-electron chi connectivity index (χ1n) is 7.75. The third-order valence-corrected chi connectivity index (χ3v) is 3.94. The molecule has 2 heterocycles. The number of benzene rings is 1. The number of nitrogens with zero attached hydrogens (tertiary/aromatic N) is 3. The van der Waals surface area contributed by atoms with Crippen LogP contribution in [-0.2, 0) is 4.79 Å². The van der Waals surface area contributed by atoms with E-state index in [0.29, 0.717) is 16.5 Å². The number of carbonyl (C=O) groups excluding carboxylic acids is 1. The number of carbonyl (C=O) groups is 1. The number of hydrogen-bond acceptors (Lipinski definition) is 4. The zero-order valence-electron chi connectivity index (χ0n) is 14.1. The maximum atomic E-state index is 12.1. The monoisotopic (exact) mass is 345 g/mol. The van der Waals surface area contributed by atoms with Crippen LogP contribution in [0.5, 0.6) is 0 Å². The summed E-state index contributed by atoms with van der Waals surface area (Å²) in [7, 11) is 0. The van der Waals surface area contributed by atoms with Crippen molar-refractivity contribution < 1.29 is 4.79 Å². The van der Waals surface area contributed by atoms with Gasteiger partial charge >= 0.3 is 0 Å². The maximum absolute atomic E-state index is 12.1. The van der Waals surface area contributed by atoms with Gasteiger partial charge in [0.2, 0.25) is 5.91 Å². The number of rotatable bonds is 3. The molecule has 1 amide bonds. The second kappa shape index (κ2) is 5.94. The van der Waals surface area contributed by atoms with Gasteiger partial charge in [-0.3, -0.25) is 4.79 Å². The minimum Gasteiger partial charge on any atom is -0.360 e. The van der Waals surface area contributed by atoms with Gasteiger partial charge in [-0.1, -0.05) is 23.7 Å². The molecular formula is C17H20ClN5O. The van der Waals surface area contributed by atoms with E-state index in [9.17, 15) is 4.79 Å². The van der Waals surface area contributed by atoms with Crippen LogP contribution >= 0.6 is 11.6 Å². The highest BCUT2D eigenvalue weighted by Gasteiger charge is 2.16. The topological polar surface area (TPSA) is 71.3 Å². The van der Waals surface area contributed by atoms with Crippen LogP contribution in [0, 0.1) is 6.92 Å². The minimum atomic E-state index is -0.274. The molecule has 0 spiro atoms. The highest BCUT2D eigenvalue weighted by atomic mass is 35.5. The van der Waals surface area contributed by atoms with E-state index in [2.05, 4.69) is 20.7 Å². The molecule has 0 aliphatic heterocycles. The molecule has 2 N–H and O–H groups in total. The van der Waals surface area contributed by atoms with Crippen LogP contribution in [-0.4, -0.2) is 32.6 Å². The lowest BCUT2D eigenvalue weighted by molar-refractivity contribution is -0.120. The molecule has 0 unspecified atom stereocenters. The quantitative estimate of drug-likeness (QED) is 0.764. The summed E-state index contributed by atoms with van der Waals surface area (Å²) in [5.41, 5.74) is 1.91. The largest absolute Gasteiger partial charge is 0.360 e. The second-order valence-electron chi connectivity index (χ2n) is 6.76. The summed E-state index contributed by atoms with van der Waals surface area (Å²) in [6.07, 6.45) is 0. The second-order valence-corrected chi connectivity index (χ2v) is 7.14. The molecule has 0 aliphatic carbocycles. The Labute approximate surface area is 145 Å². The summed E-state index contributed by atoms with van der Waals surface area (Å²) in [4.78, 5) is 16.6. The Kier molecular flexibility index (Phi) is 4.09. The Morgan fingerprint density at radius 1 is 1.29 bits per heavy atom. The van der Waals surface area contributed by atoms with Crippen molar-refractivity contribution in [3.8, 4) is 0 Å². The predicted molar refractivity (Wildman–Crippen MR) is 96.6 cm³/mol. The number of amides is 1. The van der Waals surface area contributed by atoms with Crippen LogP contribution in [0.15, 0.2) is 24.3 Å². The molecule has 2 aromatic heterocycles. The van der Waals surface area contributed by atoms with E-state index in [1.54, 1.807) is 4.52 Å². The lowest BCUT2D eigenvalue weighted by Gasteiger charge is -2.20. The van der Waals surface area contributed by atoms with Crippen LogP contribution in [0.1, 0.15) is 26.5 Å². The number of halogens is 1. The molecule has 0 fully saturated rings. The number of anilines is 1. The van der Waals surface area contributed by atoms with Crippen molar-refractivity contribution in [2.24, 2.45) is 0 Å². The summed E-state index contributed by atoms with van der Waals surface area (Å²) >= 11 is 6.31. The molecule has 0 bridgehead atoms. The first kappa shape index (κ1) is 16.5. The number of hydrogen-bond donors (Lipinski definition) is 2. The lowest BCUT2D eigenvalue weighted by atomic mass is 10.1. The average Bonchev–Trinajstić information content (AvgIpc) is 2.79. The number of aromatic nitrogens is 3. The molecule has 3 aromatic rings. The molecule has 7 heteroatoms. The van der Waals surface area contributed by atoms with Gasteiger partial charge < -0.3 is 10.6 Å². The number of aryl methyl sites for hydroxylation is 1. The Hall–Kier alpha value is -2.34. The van der Waals surface area contributed by atoms with E-state index < -0.39 is 0 Å². The standard InChI is InChI=1S/C17H20ClN5O/c1-10-14(18)16-20-15(19-9-13(24)21-17(2,3)4)11-7-5-6-8-12(11)23(16)22-10/h5-8H,9H2,1-4H3,(H,19,20)(H,21,24). The average molecular weight is 346 g/mol. The highest BCUT2D eigenvalue weighted by Crippen LogP contribution is 2.27. The smallest absolute Gasteiger partial charge is 0.239 e. The Bertz CT molecular complexity index is 926. The Morgan fingerprint density at radius 2 is 2.00 bits per heavy atom. The molecule has 0 saturated heterocycles. The van der Waals surface area contributed by atoms with Crippen molar-refractivity contribution in [2.75, 3.05) is 11.9 Å². The summed E-state index contributed by atoms with van der Waals surface area (Å²) in [5.74, 6) is 0.521. The van der Waals surface area contributed by atoms with Crippen LogP contribution in [0.25, 0.3) is 16.6 Å². The van der Waals surface area contributed by atoms with E-state index >= 15 is 0 Å². The van der Waals surface area contributed by atoms with E-state index in [-0.39, 0.29) is 18.0 Å². The molecule has 0 radical (unpaired) electrons. The number of fused-ring (bicyclic) bond motifs is 3. The molecule has 1 aromatic carbocycles. The van der Waals surface area contributed by atoms with Gasteiger partial charge in [0.1, 0.15) is 10.8 Å². The van der Waals surface area contributed by atoms with Crippen molar-refractivity contribution in [3.05, 3.63) is 35.0 Å². The van der Waals surface area contributed by atoms with Gasteiger partial charge in [0.05, 0.1) is 17.8 Å². The van der Waals surface area contributed by atoms with Crippen molar-refractivity contribution in [1.29, 1.82) is 0 Å². The third-order valence-electron chi connectivity index (χ3n) is 3.50. The molecule has 0 atom stereocenters. The highest BCUT2D eigenvalue weighted by molar-refractivity contribution is 6.34. The van der Waals surface area contributed by atoms with Crippen molar-refractivity contribution in [3.63, 3.8) is 0 Å². The normalized spacial score (nSPS) is 11.9. The fourth-order valence-corrected chi connectivity index (χ4v) is 2.71. The minimum absolute atomic E-state index is 0.0935. The van der Waals surface area contributed by atoms with E-state index in [4.69, 9.17) is 11.6 Å². The molecule has 0 saturated carbocycles. The molecule has 3 rings (SSSR count). The third kappa shape index (κ3) is 3.14. The van der Waals surface area contributed by atoms with Gasteiger partial charge in [0.15, 0.2) is 5.65 Å². The van der Waals surface area contributed by atoms with Gasteiger partial charge in [0.25, 0.3) is 0 Å². The van der Waals surface area contributed by atoms with Crippen LogP contribution < -0.4 is 10.6 Å². The van der Waals surface area contributed by atoms with E-state index in [1.165, 1.54) is 0 Å². The van der Waals surface area contributed by atoms with E-state index in [0.717, 1.165) is 16.6 Å². The zero-order valence-corrected chi connectivity index (χ0v) is 14.9. The predicted octanol–water partition coefficient (Wildman–Crippen LogP) is 3.17. The zero-order chi connectivity index (χ0) is 17.5. The number of para-hydroxylation sites is 1. The van der Waals surface area contributed by atoms with Crippen molar-refractivity contribution in [2.45, 2.75) is 33.2 Å². The fraction of sp³-hybridized carbons (Fsp3) is 0.353. The first-order valence-corrected chi connectivity index (χ1v) is 8.12. The molecule has 24 heavy (non-hydrogen) atoms. The van der Waals surface area contributed by atoms with Gasteiger partial charge in [-0.15, -0.1) is 0 Å². The van der Waals surface area contributed by atoms with Crippen molar-refractivity contribution in [1.82, 2.24) is 19.9 Å². The molecular weight excluding hydrogens is 326 g/mol. The van der Waals surface area contributed by atoms with Gasteiger partial charge in [-0.05, 0) is 39.8 Å². The summed E-state index contributed by atoms with van der Waals surface area (Å²) in [6.45, 7) is 7.81. The lowest BCUT2D eigenvalue weighted by Crippen LogP contribution is -2.43. The molecule has 6 nitrogen and oxygen atoms in total. The Morgan fingerprint density at radius 3 is 2.71 bits per heavy atom. The van der Waals surface area contributed by atoms with Crippen LogP contribution in [0.2, 0.25) is 5.02 Å². The SMILES string of the molecule is Cc1nn2c(nc(NCC(=O)NC(C)(C)C)c3ccccc32)c1Cl.